The molecule has 2 nitrogen and oxygen atoms in total. The molecule has 5 heteroatoms. The van der Waals surface area contributed by atoms with Crippen molar-refractivity contribution in [1.82, 2.24) is 5.32 Å². The molecule has 1 aliphatic carbocycles. The number of benzene rings is 1. The lowest BCUT2D eigenvalue weighted by Crippen LogP contribution is -2.15. The number of halogens is 3. The van der Waals surface area contributed by atoms with Gasteiger partial charge in [-0.3, -0.25) is 0 Å². The van der Waals surface area contributed by atoms with E-state index in [1.165, 1.54) is 12.3 Å². The van der Waals surface area contributed by atoms with E-state index >= 15 is 0 Å². The van der Waals surface area contributed by atoms with Crippen LogP contribution in [0.25, 0.3) is 11.1 Å². The van der Waals surface area contributed by atoms with Crippen LogP contribution in [-0.2, 0) is 6.54 Å². The van der Waals surface area contributed by atoms with Gasteiger partial charge in [0.2, 0.25) is 0 Å². The zero-order valence-electron chi connectivity index (χ0n) is 10.1. The Balaban J connectivity index is 1.93. The number of hydrogen-bond donors (Lipinski definition) is 1. The Morgan fingerprint density at radius 3 is 2.58 bits per heavy atom. The minimum absolute atomic E-state index is 0.0141. The molecule has 1 fully saturated rings. The average molecular weight is 267 g/mol. The number of furan rings is 1. The predicted octanol–water partition coefficient (Wildman–Crippen LogP) is 3.62. The molecule has 0 atom stereocenters. The maximum Gasteiger partial charge on any atom is 0.195 e. The van der Waals surface area contributed by atoms with Crippen molar-refractivity contribution in [3.8, 4) is 11.1 Å². The van der Waals surface area contributed by atoms with E-state index in [1.807, 2.05) is 0 Å². The van der Waals surface area contributed by atoms with Crippen molar-refractivity contribution < 1.29 is 17.6 Å². The zero-order valence-corrected chi connectivity index (χ0v) is 10.1. The smallest absolute Gasteiger partial charge is 0.195 e. The number of nitrogens with one attached hydrogen (secondary N) is 1. The molecule has 100 valence electrons. The summed E-state index contributed by atoms with van der Waals surface area (Å²) in [5.41, 5.74) is 0.463. The zero-order chi connectivity index (χ0) is 13.4. The van der Waals surface area contributed by atoms with Gasteiger partial charge in [0.25, 0.3) is 0 Å². The second kappa shape index (κ2) is 4.74. The molecule has 3 rings (SSSR count). The van der Waals surface area contributed by atoms with Gasteiger partial charge in [0.05, 0.1) is 12.8 Å². The molecule has 0 saturated heterocycles. The van der Waals surface area contributed by atoms with Crippen LogP contribution in [0.2, 0.25) is 0 Å². The summed E-state index contributed by atoms with van der Waals surface area (Å²) in [5, 5.41) is 3.23. The van der Waals surface area contributed by atoms with Gasteiger partial charge in [0.1, 0.15) is 5.76 Å². The third-order valence-corrected chi connectivity index (χ3v) is 3.20. The van der Waals surface area contributed by atoms with Crippen molar-refractivity contribution in [2.45, 2.75) is 25.4 Å². The van der Waals surface area contributed by atoms with Crippen LogP contribution in [0.4, 0.5) is 13.2 Å². The molecule has 1 heterocycles. The van der Waals surface area contributed by atoms with E-state index in [-0.39, 0.29) is 5.56 Å². The lowest BCUT2D eigenvalue weighted by Gasteiger charge is -2.06. The monoisotopic (exact) mass is 267 g/mol. The molecule has 0 bridgehead atoms. The molecule has 0 unspecified atom stereocenters. The summed E-state index contributed by atoms with van der Waals surface area (Å²) in [6.07, 6.45) is 3.66. The van der Waals surface area contributed by atoms with Crippen LogP contribution in [0.3, 0.4) is 0 Å². The van der Waals surface area contributed by atoms with Gasteiger partial charge in [-0.15, -0.1) is 0 Å². The number of hydrogen-bond acceptors (Lipinski definition) is 2. The van der Waals surface area contributed by atoms with Crippen molar-refractivity contribution in [2.24, 2.45) is 0 Å². The second-order valence-electron chi connectivity index (χ2n) is 4.64. The fraction of sp³-hybridized carbons (Fsp3) is 0.286. The van der Waals surface area contributed by atoms with E-state index in [0.29, 0.717) is 23.9 Å². The molecule has 1 saturated carbocycles. The summed E-state index contributed by atoms with van der Waals surface area (Å²) in [4.78, 5) is 0. The van der Waals surface area contributed by atoms with Gasteiger partial charge < -0.3 is 9.73 Å². The molecular weight excluding hydrogens is 255 g/mol. The van der Waals surface area contributed by atoms with E-state index in [1.54, 1.807) is 6.07 Å². The van der Waals surface area contributed by atoms with E-state index in [2.05, 4.69) is 5.32 Å². The van der Waals surface area contributed by atoms with Gasteiger partial charge in [-0.25, -0.2) is 13.2 Å². The van der Waals surface area contributed by atoms with Gasteiger partial charge >= 0.3 is 0 Å². The van der Waals surface area contributed by atoms with Crippen molar-refractivity contribution in [2.75, 3.05) is 0 Å². The van der Waals surface area contributed by atoms with Gasteiger partial charge in [-0.1, -0.05) is 0 Å². The highest BCUT2D eigenvalue weighted by Gasteiger charge is 2.23. The second-order valence-corrected chi connectivity index (χ2v) is 4.64. The van der Waals surface area contributed by atoms with Crippen molar-refractivity contribution in [1.29, 1.82) is 0 Å². The molecule has 2 aromatic rings. The molecule has 0 radical (unpaired) electrons. The molecule has 0 amide bonds. The van der Waals surface area contributed by atoms with Crippen molar-refractivity contribution >= 4 is 0 Å². The minimum Gasteiger partial charge on any atom is -0.467 e. The van der Waals surface area contributed by atoms with Crippen LogP contribution in [0.1, 0.15) is 18.6 Å². The van der Waals surface area contributed by atoms with Crippen LogP contribution >= 0.6 is 0 Å². The Kier molecular flexibility index (Phi) is 3.06. The van der Waals surface area contributed by atoms with E-state index in [4.69, 9.17) is 4.42 Å². The van der Waals surface area contributed by atoms with Crippen LogP contribution in [-0.4, -0.2) is 6.04 Å². The lowest BCUT2D eigenvalue weighted by atomic mass is 10.1. The van der Waals surface area contributed by atoms with Gasteiger partial charge in [-0.05, 0) is 31.0 Å². The Morgan fingerprint density at radius 1 is 1.05 bits per heavy atom. The molecule has 1 aliphatic rings. The van der Waals surface area contributed by atoms with E-state index in [0.717, 1.165) is 18.9 Å². The summed E-state index contributed by atoms with van der Waals surface area (Å²) in [5.74, 6) is -3.31. The molecule has 1 aromatic heterocycles. The highest BCUT2D eigenvalue weighted by Crippen LogP contribution is 2.30. The molecule has 1 N–H and O–H groups in total. The number of rotatable bonds is 4. The largest absolute Gasteiger partial charge is 0.467 e. The standard InChI is InChI=1S/C14H12F3NO/c15-11-4-3-10(13(16)14(11)17)9-5-6-19-12(9)7-18-8-1-2-8/h3-6,8,18H,1-2,7H2. The molecular formula is C14H12F3NO. The maximum atomic E-state index is 13.7. The predicted molar refractivity (Wildman–Crippen MR) is 63.9 cm³/mol. The van der Waals surface area contributed by atoms with Gasteiger partial charge in [-0.2, -0.15) is 0 Å². The Bertz CT molecular complexity index is 605. The summed E-state index contributed by atoms with van der Waals surface area (Å²) < 4.78 is 45.2. The minimum atomic E-state index is -1.46. The highest BCUT2D eigenvalue weighted by atomic mass is 19.2. The quantitative estimate of drug-likeness (QED) is 0.856. The Morgan fingerprint density at radius 2 is 1.84 bits per heavy atom. The topological polar surface area (TPSA) is 25.2 Å². The first-order valence-electron chi connectivity index (χ1n) is 6.10. The molecule has 1 aromatic carbocycles. The first-order chi connectivity index (χ1) is 9.16. The van der Waals surface area contributed by atoms with Crippen LogP contribution < -0.4 is 5.32 Å². The van der Waals surface area contributed by atoms with Gasteiger partial charge in [0, 0.05) is 17.2 Å². The summed E-state index contributed by atoms with van der Waals surface area (Å²) in [6, 6.07) is 4.17. The SMILES string of the molecule is Fc1ccc(-c2ccoc2CNC2CC2)c(F)c1F. The first kappa shape index (κ1) is 12.3. The summed E-state index contributed by atoms with van der Waals surface area (Å²) >= 11 is 0. The summed E-state index contributed by atoms with van der Waals surface area (Å²) in [6.45, 7) is 0.450. The van der Waals surface area contributed by atoms with Gasteiger partial charge in [0.15, 0.2) is 17.5 Å². The molecule has 0 aliphatic heterocycles. The fourth-order valence-electron chi connectivity index (χ4n) is 1.98. The van der Waals surface area contributed by atoms with E-state index in [9.17, 15) is 13.2 Å². The highest BCUT2D eigenvalue weighted by molar-refractivity contribution is 5.66. The lowest BCUT2D eigenvalue weighted by molar-refractivity contribution is 0.448. The summed E-state index contributed by atoms with van der Waals surface area (Å²) in [7, 11) is 0. The normalized spacial score (nSPS) is 14.9. The Hall–Kier alpha value is -1.75. The van der Waals surface area contributed by atoms with Crippen LogP contribution in [0.15, 0.2) is 28.9 Å². The van der Waals surface area contributed by atoms with Crippen LogP contribution in [0.5, 0.6) is 0 Å². The van der Waals surface area contributed by atoms with Crippen molar-refractivity contribution in [3.63, 3.8) is 0 Å². The van der Waals surface area contributed by atoms with Crippen LogP contribution in [0, 0.1) is 17.5 Å². The molecule has 0 spiro atoms. The van der Waals surface area contributed by atoms with Crippen molar-refractivity contribution in [3.05, 3.63) is 47.7 Å². The third kappa shape index (κ3) is 2.38. The molecule has 19 heavy (non-hydrogen) atoms. The Labute approximate surface area is 108 Å². The fourth-order valence-corrected chi connectivity index (χ4v) is 1.98. The maximum absolute atomic E-state index is 13.7. The average Bonchev–Trinajstić information content (AvgIpc) is 3.12. The first-order valence-corrected chi connectivity index (χ1v) is 6.10. The van der Waals surface area contributed by atoms with E-state index < -0.39 is 17.5 Å². The third-order valence-electron chi connectivity index (χ3n) is 3.20.